The predicted octanol–water partition coefficient (Wildman–Crippen LogP) is 5.58. The van der Waals surface area contributed by atoms with Crippen LogP contribution in [0.5, 0.6) is 0 Å². The second-order valence-corrected chi connectivity index (χ2v) is 9.14. The van der Waals surface area contributed by atoms with E-state index < -0.39 is 0 Å². The fraction of sp³-hybridized carbons (Fsp3) is 0.393. The molecule has 6 heteroatoms. The third-order valence-corrected chi connectivity index (χ3v) is 6.40. The summed E-state index contributed by atoms with van der Waals surface area (Å²) in [7, 11) is 1.86. The zero-order chi connectivity index (χ0) is 25.0. The fourth-order valence-electron chi connectivity index (χ4n) is 4.60. The summed E-state index contributed by atoms with van der Waals surface area (Å²) in [4.78, 5) is 20.9. The molecule has 0 radical (unpaired) electrons. The molecule has 34 heavy (non-hydrogen) atoms. The third-order valence-electron chi connectivity index (χ3n) is 6.40. The Labute approximate surface area is 205 Å². The monoisotopic (exact) mass is 458 g/mol. The van der Waals surface area contributed by atoms with Crippen LogP contribution in [-0.4, -0.2) is 58.3 Å². The highest BCUT2D eigenvalue weighted by Gasteiger charge is 2.29. The van der Waals surface area contributed by atoms with Crippen LogP contribution in [0.3, 0.4) is 0 Å². The largest absolute Gasteiger partial charge is 0.368 e. The van der Waals surface area contributed by atoms with E-state index in [-0.39, 0.29) is 12.0 Å². The van der Waals surface area contributed by atoms with Crippen molar-refractivity contribution >= 4 is 17.2 Å². The van der Waals surface area contributed by atoms with Crippen molar-refractivity contribution in [3.05, 3.63) is 84.8 Å². The van der Waals surface area contributed by atoms with Gasteiger partial charge in [-0.2, -0.15) is 0 Å². The van der Waals surface area contributed by atoms with Crippen molar-refractivity contribution in [2.24, 2.45) is 4.99 Å². The van der Waals surface area contributed by atoms with Gasteiger partial charge in [-0.3, -0.25) is 15.0 Å². The van der Waals surface area contributed by atoms with E-state index in [1.807, 2.05) is 44.7 Å². The molecule has 2 aromatic rings. The van der Waals surface area contributed by atoms with Gasteiger partial charge >= 0.3 is 0 Å². The maximum atomic E-state index is 4.77. The van der Waals surface area contributed by atoms with Gasteiger partial charge in [0.25, 0.3) is 0 Å². The van der Waals surface area contributed by atoms with E-state index >= 15 is 0 Å². The quantitative estimate of drug-likeness (QED) is 0.308. The van der Waals surface area contributed by atoms with Crippen LogP contribution < -0.4 is 4.90 Å². The molecule has 2 aromatic heterocycles. The molecule has 180 valence electrons. The minimum Gasteiger partial charge on any atom is -0.368 e. The fourth-order valence-corrected chi connectivity index (χ4v) is 4.60. The van der Waals surface area contributed by atoms with Gasteiger partial charge in [0.1, 0.15) is 5.84 Å². The number of allylic oxidation sites excluding steroid dienone is 1. The molecule has 0 aliphatic carbocycles. The van der Waals surface area contributed by atoms with E-state index in [1.165, 1.54) is 0 Å². The van der Waals surface area contributed by atoms with Gasteiger partial charge in [-0.25, -0.2) is 0 Å². The van der Waals surface area contributed by atoms with Crippen molar-refractivity contribution in [3.63, 3.8) is 0 Å². The van der Waals surface area contributed by atoms with E-state index in [9.17, 15) is 0 Å². The number of amidine groups is 1. The summed E-state index contributed by atoms with van der Waals surface area (Å²) >= 11 is 0. The van der Waals surface area contributed by atoms with Gasteiger partial charge in [-0.05, 0) is 50.5 Å². The van der Waals surface area contributed by atoms with Crippen molar-refractivity contribution in [1.29, 1.82) is 0 Å². The van der Waals surface area contributed by atoms with Crippen molar-refractivity contribution in [2.45, 2.75) is 46.6 Å². The Morgan fingerprint density at radius 3 is 2.56 bits per heavy atom. The molecule has 1 fully saturated rings. The number of hydrogen-bond acceptors (Lipinski definition) is 5. The third kappa shape index (κ3) is 4.91. The summed E-state index contributed by atoms with van der Waals surface area (Å²) in [5.74, 6) is 1.20. The molecule has 0 spiro atoms. The lowest BCUT2D eigenvalue weighted by atomic mass is 10.0. The molecule has 1 unspecified atom stereocenters. The number of aryl methyl sites for hydroxylation is 2. The highest BCUT2D eigenvalue weighted by Crippen LogP contribution is 2.37. The second-order valence-electron chi connectivity index (χ2n) is 9.14. The van der Waals surface area contributed by atoms with Crippen LogP contribution in [0, 0.1) is 13.8 Å². The van der Waals surface area contributed by atoms with Gasteiger partial charge in [0.05, 0.1) is 22.6 Å². The standard InChI is InChI=1S/C28H38N6/c1-10-22(7)32-14-15-34(23(8)18-32)28(29-9)24-17-31-21(6)16-25(24)33(11-2)27-20(5)12-13-30-26(27)19(3)4/h10-13,16-17,19,23H,1-2,7,14-15,18H2,3-6,8-9H3/b29-28+. The van der Waals surface area contributed by atoms with Gasteiger partial charge in [-0.1, -0.05) is 33.6 Å². The van der Waals surface area contributed by atoms with Crippen LogP contribution in [0.15, 0.2) is 67.2 Å². The summed E-state index contributed by atoms with van der Waals surface area (Å²) in [6, 6.07) is 4.41. The Balaban J connectivity index is 2.10. The van der Waals surface area contributed by atoms with E-state index in [1.54, 1.807) is 0 Å². The molecule has 6 nitrogen and oxygen atoms in total. The molecule has 1 atom stereocenters. The summed E-state index contributed by atoms with van der Waals surface area (Å²) in [6.45, 7) is 25.4. The zero-order valence-corrected chi connectivity index (χ0v) is 21.5. The smallest absolute Gasteiger partial charge is 0.134 e. The first-order valence-electron chi connectivity index (χ1n) is 11.9. The maximum Gasteiger partial charge on any atom is 0.134 e. The first-order valence-corrected chi connectivity index (χ1v) is 11.9. The normalized spacial score (nSPS) is 16.6. The minimum absolute atomic E-state index is 0.252. The average molecular weight is 459 g/mol. The molecule has 0 N–H and O–H groups in total. The lowest BCUT2D eigenvalue weighted by molar-refractivity contribution is 0.171. The lowest BCUT2D eigenvalue weighted by Gasteiger charge is -2.43. The predicted molar refractivity (Wildman–Crippen MR) is 144 cm³/mol. The number of rotatable bonds is 7. The Kier molecular flexibility index (Phi) is 7.92. The number of aliphatic imine (C=N–C) groups is 1. The SMILES string of the molecule is C=CC(=C)N1CCN(/C(=N/C)c2cnc(C)cc2N(C=C)c2c(C)ccnc2C(C)C)C(C)C1. The zero-order valence-electron chi connectivity index (χ0n) is 21.5. The van der Waals surface area contributed by atoms with E-state index in [4.69, 9.17) is 9.98 Å². The van der Waals surface area contributed by atoms with Crippen molar-refractivity contribution < 1.29 is 0 Å². The maximum absolute atomic E-state index is 4.77. The molecule has 0 aromatic carbocycles. The van der Waals surface area contributed by atoms with E-state index in [0.717, 1.165) is 65.1 Å². The molecule has 3 heterocycles. The molecule has 1 aliphatic rings. The number of hydrogen-bond donors (Lipinski definition) is 0. The Morgan fingerprint density at radius 1 is 1.24 bits per heavy atom. The van der Waals surface area contributed by atoms with Gasteiger partial charge in [-0.15, -0.1) is 0 Å². The van der Waals surface area contributed by atoms with E-state index in [0.29, 0.717) is 0 Å². The molecular formula is C28H38N6. The highest BCUT2D eigenvalue weighted by molar-refractivity contribution is 6.04. The van der Waals surface area contributed by atoms with Crippen LogP contribution in [-0.2, 0) is 0 Å². The molecule has 1 saturated heterocycles. The Hall–Kier alpha value is -3.41. The van der Waals surface area contributed by atoms with Gasteiger partial charge in [0.15, 0.2) is 0 Å². The van der Waals surface area contributed by atoms with Crippen LogP contribution in [0.2, 0.25) is 0 Å². The number of piperazine rings is 1. The van der Waals surface area contributed by atoms with E-state index in [2.05, 4.69) is 73.2 Å². The highest BCUT2D eigenvalue weighted by atomic mass is 15.3. The van der Waals surface area contributed by atoms with Gasteiger partial charge < -0.3 is 14.7 Å². The summed E-state index contributed by atoms with van der Waals surface area (Å²) in [5, 5.41) is 0. The second kappa shape index (κ2) is 10.7. The number of anilines is 2. The summed E-state index contributed by atoms with van der Waals surface area (Å²) in [5.41, 5.74) is 7.15. The van der Waals surface area contributed by atoms with Crippen molar-refractivity contribution in [1.82, 2.24) is 19.8 Å². The topological polar surface area (TPSA) is 47.9 Å². The van der Waals surface area contributed by atoms with Crippen LogP contribution in [0.25, 0.3) is 0 Å². The van der Waals surface area contributed by atoms with Crippen LogP contribution in [0.4, 0.5) is 11.4 Å². The molecule has 3 rings (SSSR count). The average Bonchev–Trinajstić information content (AvgIpc) is 2.82. The number of nitrogens with zero attached hydrogens (tertiary/aromatic N) is 6. The molecule has 0 saturated carbocycles. The molecular weight excluding hydrogens is 420 g/mol. The number of aromatic nitrogens is 2. The summed E-state index contributed by atoms with van der Waals surface area (Å²) in [6.07, 6.45) is 7.51. The number of pyridine rings is 2. The minimum atomic E-state index is 0.252. The first kappa shape index (κ1) is 25.2. The first-order chi connectivity index (χ1) is 16.2. The van der Waals surface area contributed by atoms with Gasteiger partial charge in [0.2, 0.25) is 0 Å². The Bertz CT molecular complexity index is 1100. The lowest BCUT2D eigenvalue weighted by Crippen LogP contribution is -2.53. The van der Waals surface area contributed by atoms with Crippen LogP contribution >= 0.6 is 0 Å². The van der Waals surface area contributed by atoms with Crippen molar-refractivity contribution in [2.75, 3.05) is 31.6 Å². The van der Waals surface area contributed by atoms with Gasteiger partial charge in [0, 0.05) is 62.7 Å². The Morgan fingerprint density at radius 2 is 1.97 bits per heavy atom. The molecule has 0 amide bonds. The molecule has 1 aliphatic heterocycles. The molecule has 0 bridgehead atoms. The summed E-state index contributed by atoms with van der Waals surface area (Å²) < 4.78 is 0. The van der Waals surface area contributed by atoms with Crippen LogP contribution in [0.1, 0.15) is 49.2 Å². The van der Waals surface area contributed by atoms with Crippen molar-refractivity contribution in [3.8, 4) is 0 Å².